The van der Waals surface area contributed by atoms with Gasteiger partial charge >= 0.3 is 71.2 Å². The molecule has 0 heterocycles. The fourth-order valence-corrected chi connectivity index (χ4v) is 3.68. The monoisotopic (exact) mass is 718 g/mol. The molecule has 2 fully saturated rings. The van der Waals surface area contributed by atoms with E-state index in [0.717, 1.165) is 0 Å². The highest BCUT2D eigenvalue weighted by molar-refractivity contribution is 5.93. The molecule has 0 atom stereocenters. The molecule has 2 aliphatic carbocycles. The second-order valence-electron chi connectivity index (χ2n) is 9.36. The van der Waals surface area contributed by atoms with Crippen molar-refractivity contribution in [1.82, 2.24) is 0 Å². The van der Waals surface area contributed by atoms with Crippen LogP contribution in [0.3, 0.4) is 0 Å². The van der Waals surface area contributed by atoms with Gasteiger partial charge in [0.2, 0.25) is 0 Å². The quantitative estimate of drug-likeness (QED) is 0.165. The van der Waals surface area contributed by atoms with E-state index >= 15 is 0 Å². The fraction of sp³-hybridized carbons (Fsp3) is 0.789. The maximum Gasteiger partial charge on any atom is 0.384 e. The number of carbonyl (C=O) groups is 2. The Hall–Kier alpha value is -2.86. The average Bonchev–Trinajstić information content (AvgIpc) is 2.87. The second-order valence-corrected chi connectivity index (χ2v) is 9.36. The van der Waals surface area contributed by atoms with Crippen LogP contribution < -0.4 is 0 Å². The summed E-state index contributed by atoms with van der Waals surface area (Å²) in [6.07, 6.45) is -2.27. The van der Waals surface area contributed by atoms with E-state index in [1.54, 1.807) is 0 Å². The van der Waals surface area contributed by atoms with Crippen molar-refractivity contribution in [3.05, 3.63) is 12.2 Å². The molecule has 0 unspecified atom stereocenters. The smallest absolute Gasteiger partial charge is 0.384 e. The predicted octanol–water partition coefficient (Wildman–Crippen LogP) is 6.82. The first-order valence-corrected chi connectivity index (χ1v) is 10.6. The first kappa shape index (κ1) is 38.3. The van der Waals surface area contributed by atoms with Crippen molar-refractivity contribution < 1.29 is 116 Å². The van der Waals surface area contributed by atoms with Crippen LogP contribution >= 0.6 is 0 Å². The zero-order valence-corrected chi connectivity index (χ0v) is 20.3. The fourth-order valence-electron chi connectivity index (χ4n) is 3.68. The molecule has 0 spiro atoms. The molecule has 45 heavy (non-hydrogen) atoms. The lowest BCUT2D eigenvalue weighted by molar-refractivity contribution is -0.487. The van der Waals surface area contributed by atoms with Crippen LogP contribution in [0.2, 0.25) is 0 Å². The number of hydrogen-bond donors (Lipinski definition) is 0. The molecule has 0 amide bonds. The van der Waals surface area contributed by atoms with Gasteiger partial charge in [-0.15, -0.1) is 0 Å². The molecule has 2 aliphatic rings. The van der Waals surface area contributed by atoms with Crippen LogP contribution in [-0.2, 0) is 19.1 Å². The van der Waals surface area contributed by atoms with Crippen LogP contribution in [-0.4, -0.2) is 95.7 Å². The van der Waals surface area contributed by atoms with Gasteiger partial charge in [-0.05, 0) is 0 Å². The summed E-state index contributed by atoms with van der Waals surface area (Å²) in [6.45, 7) is -5.03. The Bertz CT molecular complexity index is 1190. The molecule has 0 aliphatic heterocycles. The third kappa shape index (κ3) is 4.02. The highest BCUT2D eigenvalue weighted by Crippen LogP contribution is 2.71. The van der Waals surface area contributed by atoms with Gasteiger partial charge in [0.05, 0.1) is 6.42 Å². The van der Waals surface area contributed by atoms with E-state index in [2.05, 4.69) is 16.1 Å². The second kappa shape index (κ2) is 9.59. The summed E-state index contributed by atoms with van der Waals surface area (Å²) in [6, 6.07) is 0. The van der Waals surface area contributed by atoms with E-state index in [1.165, 1.54) is 0 Å². The third-order valence-corrected chi connectivity index (χ3v) is 6.63. The van der Waals surface area contributed by atoms with Crippen molar-refractivity contribution >= 4 is 11.9 Å². The highest BCUT2D eigenvalue weighted by atomic mass is 19.4. The van der Waals surface area contributed by atoms with Crippen LogP contribution in [0.15, 0.2) is 12.2 Å². The molecule has 0 N–H and O–H groups in total. The highest BCUT2D eigenvalue weighted by Gasteiger charge is 3.02. The van der Waals surface area contributed by atoms with Gasteiger partial charge < -0.3 is 9.47 Å². The van der Waals surface area contributed by atoms with Crippen molar-refractivity contribution in [2.75, 3.05) is 13.2 Å². The number of esters is 2. The molecule has 2 rings (SSSR count). The maximum absolute atomic E-state index is 14.5. The lowest BCUT2D eigenvalue weighted by Gasteiger charge is -2.52. The minimum absolute atomic E-state index is 1.95. The predicted molar refractivity (Wildman–Crippen MR) is 92.8 cm³/mol. The number of rotatable bonds is 7. The van der Waals surface area contributed by atoms with Crippen molar-refractivity contribution in [1.29, 1.82) is 0 Å². The van der Waals surface area contributed by atoms with Crippen LogP contribution in [0.5, 0.6) is 0 Å². The van der Waals surface area contributed by atoms with Crippen molar-refractivity contribution in [3.63, 3.8) is 0 Å². The maximum atomic E-state index is 14.5. The molecule has 2 saturated carbocycles. The van der Waals surface area contributed by atoms with E-state index in [-0.39, 0.29) is 0 Å². The van der Waals surface area contributed by atoms with Crippen molar-refractivity contribution in [2.45, 2.75) is 77.0 Å². The molecule has 0 radical (unpaired) electrons. The van der Waals surface area contributed by atoms with Crippen LogP contribution in [0.1, 0.15) is 6.42 Å². The minimum Gasteiger partial charge on any atom is -0.461 e. The Morgan fingerprint density at radius 1 is 0.400 bits per heavy atom. The molecule has 0 bridgehead atoms. The van der Waals surface area contributed by atoms with E-state index in [4.69, 9.17) is 0 Å². The van der Waals surface area contributed by atoms with Crippen LogP contribution in [0, 0.1) is 0 Å². The summed E-state index contributed by atoms with van der Waals surface area (Å²) in [4.78, 5) is 23.2. The zero-order valence-electron chi connectivity index (χ0n) is 20.3. The number of ether oxygens (including phenoxy) is 2. The van der Waals surface area contributed by atoms with Gasteiger partial charge in [-0.25, -0.2) is 13.6 Å². The third-order valence-electron chi connectivity index (χ3n) is 6.63. The largest absolute Gasteiger partial charge is 0.461 e. The van der Waals surface area contributed by atoms with E-state index < -0.39 is 108 Å². The number of halogens is 22. The Morgan fingerprint density at radius 3 is 0.889 bits per heavy atom. The number of carbonyl (C=O) groups excluding carboxylic acids is 2. The summed E-state index contributed by atoms with van der Waals surface area (Å²) < 4.78 is 306. The van der Waals surface area contributed by atoms with Crippen molar-refractivity contribution in [2.24, 2.45) is 0 Å². The van der Waals surface area contributed by atoms with Gasteiger partial charge in [0.25, 0.3) is 11.3 Å². The average molecular weight is 718 g/mol. The van der Waals surface area contributed by atoms with Crippen LogP contribution in [0.25, 0.3) is 0 Å². The van der Waals surface area contributed by atoms with E-state index in [9.17, 15) is 106 Å². The van der Waals surface area contributed by atoms with E-state index in [1.807, 2.05) is 0 Å². The Balaban J connectivity index is 2.27. The topological polar surface area (TPSA) is 52.6 Å². The molecule has 4 nitrogen and oxygen atoms in total. The number of hydrogen-bond acceptors (Lipinski definition) is 4. The van der Waals surface area contributed by atoms with Gasteiger partial charge in [-0.1, -0.05) is 6.58 Å². The normalized spacial score (nSPS) is 29.6. The molecule has 0 aromatic carbocycles. The standard InChI is InChI=1S/C19H8F22O4/c1-5(7(43)45-4-9(21)12(26,27)16(34,35)19(40,41)17(36,37)13(9,28)29)2-6(42)44-3-8(20)10(22,23)14(30,31)18(38,39)15(32,33)11(8,24)25/h1-4H2. The van der Waals surface area contributed by atoms with Crippen molar-refractivity contribution in [3.8, 4) is 0 Å². The number of alkyl halides is 22. The first-order chi connectivity index (χ1) is 19.4. The van der Waals surface area contributed by atoms with Gasteiger partial charge in [0, 0.05) is 5.57 Å². The minimum atomic E-state index is -7.66. The van der Waals surface area contributed by atoms with E-state index in [0.29, 0.717) is 0 Å². The Morgan fingerprint density at radius 2 is 0.622 bits per heavy atom. The van der Waals surface area contributed by atoms with Crippen LogP contribution in [0.4, 0.5) is 96.6 Å². The lowest BCUT2D eigenvalue weighted by Crippen LogP contribution is -2.84. The Labute approximate surface area is 231 Å². The summed E-state index contributed by atoms with van der Waals surface area (Å²) in [7, 11) is 0. The van der Waals surface area contributed by atoms with Gasteiger partial charge in [0.1, 0.15) is 13.2 Å². The molecule has 0 aromatic rings. The molecule has 262 valence electrons. The summed E-state index contributed by atoms with van der Waals surface area (Å²) >= 11 is 0. The summed E-state index contributed by atoms with van der Waals surface area (Å²) in [5, 5.41) is 0. The lowest BCUT2D eigenvalue weighted by atomic mass is 9.72. The van der Waals surface area contributed by atoms with Gasteiger partial charge in [0.15, 0.2) is 0 Å². The Kier molecular flexibility index (Phi) is 8.17. The van der Waals surface area contributed by atoms with Gasteiger partial charge in [-0.3, -0.25) is 4.79 Å². The summed E-state index contributed by atoms with van der Waals surface area (Å²) in [5.74, 6) is -81.5. The SMILES string of the molecule is C=C(CC(=O)OCC1(F)C(F)(F)C(F)(F)C(F)(F)C(F)(F)C1(F)F)C(=O)OCC1(F)C(F)(F)C(F)(F)C(F)(F)C(F)(F)C1(F)F. The zero-order chi connectivity index (χ0) is 36.3. The molecule has 26 heteroatoms. The summed E-state index contributed by atoms with van der Waals surface area (Å²) in [5.41, 5.74) is -15.8. The molecular weight excluding hydrogens is 710 g/mol. The molecular formula is C19H8F22O4. The molecule has 0 aromatic heterocycles. The first-order valence-electron chi connectivity index (χ1n) is 10.6. The van der Waals surface area contributed by atoms with Gasteiger partial charge in [-0.2, -0.15) is 87.8 Å². The molecule has 0 saturated heterocycles.